The smallest absolute Gasteiger partial charge is 0.233 e. The predicted octanol–water partition coefficient (Wildman–Crippen LogP) is 3.10. The topological polar surface area (TPSA) is 72.0 Å². The number of halogens is 1. The number of benzene rings is 1. The van der Waals surface area contributed by atoms with Crippen LogP contribution in [0.25, 0.3) is 0 Å². The zero-order valence-electron chi connectivity index (χ0n) is 11.4. The van der Waals surface area contributed by atoms with E-state index in [0.29, 0.717) is 25.0 Å². The minimum Gasteiger partial charge on any atom is -0.492 e. The van der Waals surface area contributed by atoms with Gasteiger partial charge in [0.1, 0.15) is 5.75 Å². The van der Waals surface area contributed by atoms with Crippen LogP contribution in [0.15, 0.2) is 24.3 Å². The maximum atomic E-state index is 5.88. The van der Waals surface area contributed by atoms with Gasteiger partial charge >= 0.3 is 0 Å². The van der Waals surface area contributed by atoms with E-state index >= 15 is 0 Å². The number of nitrogens with one attached hydrogen (secondary N) is 2. The monoisotopic (exact) mass is 293 g/mol. The fourth-order valence-corrected chi connectivity index (χ4v) is 1.77. The van der Waals surface area contributed by atoms with E-state index in [1.165, 1.54) is 0 Å². The number of para-hydroxylation sites is 2. The number of nitrogens with zero attached hydrogens (tertiary/aromatic N) is 3. The Morgan fingerprint density at radius 2 is 1.85 bits per heavy atom. The first-order valence-corrected chi connectivity index (χ1v) is 6.75. The van der Waals surface area contributed by atoms with Gasteiger partial charge in [0.25, 0.3) is 0 Å². The molecule has 0 aliphatic carbocycles. The molecule has 0 aliphatic heterocycles. The van der Waals surface area contributed by atoms with Gasteiger partial charge in [-0.2, -0.15) is 15.0 Å². The van der Waals surface area contributed by atoms with Crippen molar-refractivity contribution in [1.29, 1.82) is 0 Å². The van der Waals surface area contributed by atoms with Gasteiger partial charge in [0.15, 0.2) is 0 Å². The number of hydrogen-bond acceptors (Lipinski definition) is 6. The molecule has 0 radical (unpaired) electrons. The van der Waals surface area contributed by atoms with E-state index in [0.717, 1.165) is 11.4 Å². The zero-order chi connectivity index (χ0) is 14.4. The number of ether oxygens (including phenoxy) is 1. The van der Waals surface area contributed by atoms with Crippen LogP contribution in [0.3, 0.4) is 0 Å². The average molecular weight is 294 g/mol. The second-order valence-corrected chi connectivity index (χ2v) is 4.17. The van der Waals surface area contributed by atoms with E-state index in [4.69, 9.17) is 16.3 Å². The Labute approximate surface area is 122 Å². The lowest BCUT2D eigenvalue weighted by atomic mass is 10.3. The predicted molar refractivity (Wildman–Crippen MR) is 79.9 cm³/mol. The fraction of sp³-hybridized carbons (Fsp3) is 0.308. The highest BCUT2D eigenvalue weighted by Gasteiger charge is 2.07. The minimum atomic E-state index is 0.132. The molecule has 20 heavy (non-hydrogen) atoms. The molecule has 0 fully saturated rings. The quantitative estimate of drug-likeness (QED) is 0.853. The Bertz CT molecular complexity index is 578. The Kier molecular flexibility index (Phi) is 4.95. The highest BCUT2D eigenvalue weighted by molar-refractivity contribution is 6.28. The van der Waals surface area contributed by atoms with E-state index in [1.807, 2.05) is 38.1 Å². The molecular formula is C13H16ClN5O. The van der Waals surface area contributed by atoms with Crippen molar-refractivity contribution in [2.24, 2.45) is 0 Å². The SMILES string of the molecule is CCNc1nc(Cl)nc(Nc2ccccc2OCC)n1. The van der Waals surface area contributed by atoms with Crippen molar-refractivity contribution < 1.29 is 4.74 Å². The second-order valence-electron chi connectivity index (χ2n) is 3.84. The van der Waals surface area contributed by atoms with Gasteiger partial charge in [0.2, 0.25) is 17.2 Å². The molecule has 2 aromatic rings. The molecule has 106 valence electrons. The molecule has 0 saturated heterocycles. The lowest BCUT2D eigenvalue weighted by Crippen LogP contribution is -2.07. The van der Waals surface area contributed by atoms with Gasteiger partial charge in [0, 0.05) is 6.54 Å². The molecular weight excluding hydrogens is 278 g/mol. The molecule has 0 aliphatic rings. The van der Waals surface area contributed by atoms with Gasteiger partial charge in [-0.05, 0) is 37.6 Å². The molecule has 0 bridgehead atoms. The van der Waals surface area contributed by atoms with Crippen LogP contribution in [0.4, 0.5) is 17.6 Å². The third kappa shape index (κ3) is 3.71. The molecule has 7 heteroatoms. The molecule has 1 aromatic heterocycles. The molecule has 0 amide bonds. The molecule has 0 unspecified atom stereocenters. The van der Waals surface area contributed by atoms with E-state index in [2.05, 4.69) is 25.6 Å². The maximum absolute atomic E-state index is 5.88. The van der Waals surface area contributed by atoms with Crippen LogP contribution in [-0.4, -0.2) is 28.1 Å². The summed E-state index contributed by atoms with van der Waals surface area (Å²) in [6, 6.07) is 7.56. The number of rotatable bonds is 6. The van der Waals surface area contributed by atoms with E-state index in [9.17, 15) is 0 Å². The summed E-state index contributed by atoms with van der Waals surface area (Å²) in [7, 11) is 0. The summed E-state index contributed by atoms with van der Waals surface area (Å²) >= 11 is 5.88. The largest absolute Gasteiger partial charge is 0.492 e. The van der Waals surface area contributed by atoms with Gasteiger partial charge in [-0.15, -0.1) is 0 Å². The number of aromatic nitrogens is 3. The first kappa shape index (κ1) is 14.3. The van der Waals surface area contributed by atoms with Crippen molar-refractivity contribution in [2.75, 3.05) is 23.8 Å². The number of hydrogen-bond donors (Lipinski definition) is 2. The molecule has 0 spiro atoms. The summed E-state index contributed by atoms with van der Waals surface area (Å²) in [5, 5.41) is 6.21. The van der Waals surface area contributed by atoms with E-state index in [1.54, 1.807) is 0 Å². The summed E-state index contributed by atoms with van der Waals surface area (Å²) < 4.78 is 5.53. The summed E-state index contributed by atoms with van der Waals surface area (Å²) in [5.74, 6) is 1.54. The molecule has 1 aromatic carbocycles. The van der Waals surface area contributed by atoms with Crippen molar-refractivity contribution in [2.45, 2.75) is 13.8 Å². The van der Waals surface area contributed by atoms with Crippen LogP contribution >= 0.6 is 11.6 Å². The van der Waals surface area contributed by atoms with Gasteiger partial charge < -0.3 is 15.4 Å². The highest BCUT2D eigenvalue weighted by atomic mass is 35.5. The lowest BCUT2D eigenvalue weighted by Gasteiger charge is -2.11. The van der Waals surface area contributed by atoms with Crippen molar-refractivity contribution >= 4 is 29.2 Å². The Balaban J connectivity index is 2.25. The van der Waals surface area contributed by atoms with Crippen LogP contribution in [0.2, 0.25) is 5.28 Å². The first-order valence-electron chi connectivity index (χ1n) is 6.37. The summed E-state index contributed by atoms with van der Waals surface area (Å²) in [4.78, 5) is 12.3. The third-order valence-corrected chi connectivity index (χ3v) is 2.55. The van der Waals surface area contributed by atoms with Gasteiger partial charge in [-0.1, -0.05) is 12.1 Å². The van der Waals surface area contributed by atoms with Crippen LogP contribution in [0.1, 0.15) is 13.8 Å². The summed E-state index contributed by atoms with van der Waals surface area (Å²) in [6.07, 6.45) is 0. The first-order chi connectivity index (χ1) is 9.72. The Morgan fingerprint density at radius 1 is 1.10 bits per heavy atom. The maximum Gasteiger partial charge on any atom is 0.233 e. The van der Waals surface area contributed by atoms with Gasteiger partial charge in [-0.3, -0.25) is 0 Å². The standard InChI is InChI=1S/C13H16ClN5O/c1-3-15-12-17-11(14)18-13(19-12)16-9-7-5-6-8-10(9)20-4-2/h5-8H,3-4H2,1-2H3,(H2,15,16,17,18,19). The molecule has 1 heterocycles. The van der Waals surface area contributed by atoms with Crippen molar-refractivity contribution in [1.82, 2.24) is 15.0 Å². The summed E-state index contributed by atoms with van der Waals surface area (Å²) in [5.41, 5.74) is 0.777. The highest BCUT2D eigenvalue weighted by Crippen LogP contribution is 2.26. The molecule has 0 atom stereocenters. The van der Waals surface area contributed by atoms with Crippen molar-refractivity contribution in [3.05, 3.63) is 29.5 Å². The van der Waals surface area contributed by atoms with E-state index < -0.39 is 0 Å². The van der Waals surface area contributed by atoms with Crippen molar-refractivity contribution in [3.63, 3.8) is 0 Å². The van der Waals surface area contributed by atoms with Crippen molar-refractivity contribution in [3.8, 4) is 5.75 Å². The van der Waals surface area contributed by atoms with Crippen LogP contribution in [-0.2, 0) is 0 Å². The summed E-state index contributed by atoms with van der Waals surface area (Å²) in [6.45, 7) is 5.17. The molecule has 6 nitrogen and oxygen atoms in total. The Hall–Kier alpha value is -2.08. The molecule has 0 saturated carbocycles. The zero-order valence-corrected chi connectivity index (χ0v) is 12.1. The Morgan fingerprint density at radius 3 is 2.60 bits per heavy atom. The van der Waals surface area contributed by atoms with Gasteiger partial charge in [-0.25, -0.2) is 0 Å². The minimum absolute atomic E-state index is 0.132. The van der Waals surface area contributed by atoms with Crippen LogP contribution in [0.5, 0.6) is 5.75 Å². The fourth-order valence-electron chi connectivity index (χ4n) is 1.61. The average Bonchev–Trinajstić information content (AvgIpc) is 2.41. The van der Waals surface area contributed by atoms with E-state index in [-0.39, 0.29) is 5.28 Å². The second kappa shape index (κ2) is 6.91. The molecule has 2 rings (SSSR count). The third-order valence-electron chi connectivity index (χ3n) is 2.38. The normalized spacial score (nSPS) is 10.2. The van der Waals surface area contributed by atoms with Crippen LogP contribution < -0.4 is 15.4 Å². The molecule has 2 N–H and O–H groups in total. The van der Waals surface area contributed by atoms with Crippen LogP contribution in [0, 0.1) is 0 Å². The lowest BCUT2D eigenvalue weighted by molar-refractivity contribution is 0.342. The number of anilines is 3. The van der Waals surface area contributed by atoms with Gasteiger partial charge in [0.05, 0.1) is 12.3 Å².